The van der Waals surface area contributed by atoms with E-state index < -0.39 is 0 Å². The first kappa shape index (κ1) is 20.5. The van der Waals surface area contributed by atoms with Crippen LogP contribution in [0.1, 0.15) is 38.3 Å². The molecule has 0 aromatic heterocycles. The Bertz CT molecular complexity index is 670. The Morgan fingerprint density at radius 1 is 1.32 bits per heavy atom. The zero-order chi connectivity index (χ0) is 19.0. The summed E-state index contributed by atoms with van der Waals surface area (Å²) in [6, 6.07) is 5.50. The van der Waals surface area contributed by atoms with Crippen molar-refractivity contribution in [3.63, 3.8) is 0 Å². The van der Waals surface area contributed by atoms with E-state index >= 15 is 0 Å². The van der Waals surface area contributed by atoms with Gasteiger partial charge in [0, 0.05) is 12.2 Å². The molecule has 2 N–H and O–H groups in total. The Balaban J connectivity index is 2.90. The zero-order valence-electron chi connectivity index (χ0n) is 15.7. The van der Waals surface area contributed by atoms with Crippen LogP contribution in [-0.2, 0) is 14.3 Å². The number of methoxy groups -OCH3 is 1. The fourth-order valence-corrected chi connectivity index (χ4v) is 2.22. The Kier molecular flexibility index (Phi) is 7.43. The summed E-state index contributed by atoms with van der Waals surface area (Å²) in [6.07, 6.45) is 3.10. The third-order valence-corrected chi connectivity index (χ3v) is 3.72. The highest BCUT2D eigenvalue weighted by Gasteiger charge is 2.14. The number of carbonyl (C=O) groups excluding carboxylic acids is 2. The van der Waals surface area contributed by atoms with Crippen LogP contribution in [0.15, 0.2) is 36.6 Å². The number of carbonyl (C=O) groups is 2. The van der Waals surface area contributed by atoms with E-state index in [2.05, 4.69) is 38.0 Å². The number of hydrogen-bond donors (Lipinski definition) is 2. The Morgan fingerprint density at radius 2 is 2.00 bits per heavy atom. The monoisotopic (exact) mass is 344 g/mol. The predicted molar refractivity (Wildman–Crippen MR) is 102 cm³/mol. The lowest BCUT2D eigenvalue weighted by Crippen LogP contribution is -2.29. The van der Waals surface area contributed by atoms with Gasteiger partial charge in [-0.15, -0.1) is 0 Å². The molecule has 0 fully saturated rings. The summed E-state index contributed by atoms with van der Waals surface area (Å²) in [6.45, 7) is 12.9. The largest absolute Gasteiger partial charge is 0.491 e. The molecule has 5 heteroatoms. The summed E-state index contributed by atoms with van der Waals surface area (Å²) < 4.78 is 5.22. The van der Waals surface area contributed by atoms with E-state index in [1.54, 1.807) is 12.1 Å². The van der Waals surface area contributed by atoms with Gasteiger partial charge in [0.15, 0.2) is 5.76 Å². The molecule has 0 spiro atoms. The van der Waals surface area contributed by atoms with Crippen molar-refractivity contribution in [1.29, 1.82) is 0 Å². The molecule has 1 aromatic carbocycles. The summed E-state index contributed by atoms with van der Waals surface area (Å²) in [5.41, 5.74) is 3.27. The van der Waals surface area contributed by atoms with Gasteiger partial charge in [0.2, 0.25) is 6.41 Å². The molecule has 0 aliphatic heterocycles. The first-order chi connectivity index (χ1) is 11.7. The molecule has 25 heavy (non-hydrogen) atoms. The van der Waals surface area contributed by atoms with Gasteiger partial charge in [-0.05, 0) is 53.7 Å². The molecule has 2 amide bonds. The van der Waals surface area contributed by atoms with Crippen LogP contribution in [0, 0.1) is 12.3 Å². The van der Waals surface area contributed by atoms with Crippen LogP contribution in [0.5, 0.6) is 0 Å². The summed E-state index contributed by atoms with van der Waals surface area (Å²) >= 11 is 0. The lowest BCUT2D eigenvalue weighted by atomic mass is 9.92. The van der Waals surface area contributed by atoms with E-state index in [4.69, 9.17) is 4.74 Å². The molecule has 136 valence electrons. The molecule has 5 nitrogen and oxygen atoms in total. The molecular weight excluding hydrogens is 316 g/mol. The number of rotatable bonds is 8. The molecule has 0 saturated heterocycles. The molecule has 0 heterocycles. The SMILES string of the molecule is C=C(/C=C(\OC)C(=O)NCCC(C)(C)C)c1cc(NC=O)ccc1C. The highest BCUT2D eigenvalue weighted by atomic mass is 16.5. The molecule has 0 saturated carbocycles. The molecular formula is C20H28N2O3. The van der Waals surface area contributed by atoms with Crippen molar-refractivity contribution in [1.82, 2.24) is 5.32 Å². The van der Waals surface area contributed by atoms with Crippen LogP contribution in [0.2, 0.25) is 0 Å². The molecule has 0 aliphatic rings. The molecule has 1 aromatic rings. The smallest absolute Gasteiger partial charge is 0.286 e. The average Bonchev–Trinajstić information content (AvgIpc) is 2.53. The summed E-state index contributed by atoms with van der Waals surface area (Å²) in [4.78, 5) is 22.9. The first-order valence-corrected chi connectivity index (χ1v) is 8.22. The highest BCUT2D eigenvalue weighted by Crippen LogP contribution is 2.24. The number of allylic oxidation sites excluding steroid dienone is 2. The van der Waals surface area contributed by atoms with E-state index in [1.165, 1.54) is 7.11 Å². The number of hydrogen-bond acceptors (Lipinski definition) is 3. The normalized spacial score (nSPS) is 11.6. The maximum Gasteiger partial charge on any atom is 0.286 e. The highest BCUT2D eigenvalue weighted by molar-refractivity contribution is 5.94. The van der Waals surface area contributed by atoms with Crippen molar-refractivity contribution in [2.24, 2.45) is 5.41 Å². The standard InChI is InChI=1S/C20H28N2O3/c1-14-7-8-16(22-13-23)12-17(14)15(2)11-18(25-6)19(24)21-10-9-20(3,4)5/h7-8,11-13H,2,9-10H2,1,3-6H3,(H,21,24)(H,22,23)/b18-11-. The lowest BCUT2D eigenvalue weighted by Gasteiger charge is -2.18. The number of benzene rings is 1. The lowest BCUT2D eigenvalue weighted by molar-refractivity contribution is -0.120. The van der Waals surface area contributed by atoms with E-state index in [0.717, 1.165) is 17.5 Å². The number of aryl methyl sites for hydroxylation is 1. The number of nitrogens with one attached hydrogen (secondary N) is 2. The minimum Gasteiger partial charge on any atom is -0.491 e. The summed E-state index contributed by atoms with van der Waals surface area (Å²) in [5, 5.41) is 5.47. The second kappa shape index (κ2) is 9.06. The predicted octanol–water partition coefficient (Wildman–Crippen LogP) is 3.66. The van der Waals surface area contributed by atoms with Gasteiger partial charge >= 0.3 is 0 Å². The Hall–Kier alpha value is -2.56. The van der Waals surface area contributed by atoms with Gasteiger partial charge in [-0.25, -0.2) is 0 Å². The van der Waals surface area contributed by atoms with Gasteiger partial charge in [-0.2, -0.15) is 0 Å². The molecule has 0 atom stereocenters. The van der Waals surface area contributed by atoms with Crippen molar-refractivity contribution < 1.29 is 14.3 Å². The quantitative estimate of drug-likeness (QED) is 0.327. The summed E-state index contributed by atoms with van der Waals surface area (Å²) in [7, 11) is 1.46. The van der Waals surface area contributed by atoms with Gasteiger partial charge in [0.05, 0.1) is 7.11 Å². The van der Waals surface area contributed by atoms with E-state index in [0.29, 0.717) is 24.2 Å². The third-order valence-electron chi connectivity index (χ3n) is 3.72. The van der Waals surface area contributed by atoms with Crippen molar-refractivity contribution in [3.05, 3.63) is 47.7 Å². The van der Waals surface area contributed by atoms with Crippen LogP contribution in [0.25, 0.3) is 5.57 Å². The molecule has 0 bridgehead atoms. The Morgan fingerprint density at radius 3 is 2.56 bits per heavy atom. The summed E-state index contributed by atoms with van der Waals surface area (Å²) in [5.74, 6) is -0.0696. The topological polar surface area (TPSA) is 67.4 Å². The van der Waals surface area contributed by atoms with E-state index in [1.807, 2.05) is 19.1 Å². The Labute approximate surface area is 150 Å². The number of anilines is 1. The molecule has 1 rings (SSSR count). The minimum absolute atomic E-state index is 0.150. The van der Waals surface area contributed by atoms with E-state index in [-0.39, 0.29) is 17.1 Å². The van der Waals surface area contributed by atoms with Crippen molar-refractivity contribution >= 4 is 23.6 Å². The van der Waals surface area contributed by atoms with Gasteiger partial charge in [0.25, 0.3) is 5.91 Å². The third kappa shape index (κ3) is 6.83. The second-order valence-electron chi connectivity index (χ2n) is 7.10. The van der Waals surface area contributed by atoms with Crippen molar-refractivity contribution in [3.8, 4) is 0 Å². The van der Waals surface area contributed by atoms with Crippen LogP contribution >= 0.6 is 0 Å². The van der Waals surface area contributed by atoms with Crippen molar-refractivity contribution in [2.45, 2.75) is 34.1 Å². The van der Waals surface area contributed by atoms with Crippen LogP contribution in [0.3, 0.4) is 0 Å². The minimum atomic E-state index is -0.271. The van der Waals surface area contributed by atoms with Crippen molar-refractivity contribution in [2.75, 3.05) is 19.0 Å². The molecule has 0 radical (unpaired) electrons. The fourth-order valence-electron chi connectivity index (χ4n) is 2.22. The van der Waals surface area contributed by atoms with Gasteiger partial charge in [-0.1, -0.05) is 33.4 Å². The van der Waals surface area contributed by atoms with Crippen LogP contribution in [0.4, 0.5) is 5.69 Å². The maximum atomic E-state index is 12.3. The fraction of sp³-hybridized carbons (Fsp3) is 0.400. The van der Waals surface area contributed by atoms with Gasteiger partial charge in [0.1, 0.15) is 0 Å². The van der Waals surface area contributed by atoms with Gasteiger partial charge in [-0.3, -0.25) is 9.59 Å². The number of amides is 2. The zero-order valence-corrected chi connectivity index (χ0v) is 15.7. The van der Waals surface area contributed by atoms with Crippen LogP contribution in [-0.4, -0.2) is 26.0 Å². The van der Waals surface area contributed by atoms with E-state index in [9.17, 15) is 9.59 Å². The maximum absolute atomic E-state index is 12.3. The number of ether oxygens (including phenoxy) is 1. The second-order valence-corrected chi connectivity index (χ2v) is 7.10. The van der Waals surface area contributed by atoms with Crippen LogP contribution < -0.4 is 10.6 Å². The first-order valence-electron chi connectivity index (χ1n) is 8.22. The molecule has 0 unspecified atom stereocenters. The molecule has 0 aliphatic carbocycles. The van der Waals surface area contributed by atoms with Gasteiger partial charge < -0.3 is 15.4 Å². The average molecular weight is 344 g/mol.